The molecule has 0 spiro atoms. The first-order chi connectivity index (χ1) is 9.82. The first kappa shape index (κ1) is 18.9. The molecule has 1 unspecified atom stereocenters. The molecule has 1 atom stereocenters. The second-order valence-corrected chi connectivity index (χ2v) is 8.85. The molecule has 1 aliphatic heterocycles. The quantitative estimate of drug-likeness (QED) is 0.699. The van der Waals surface area contributed by atoms with E-state index in [4.69, 9.17) is 0 Å². The highest BCUT2D eigenvalue weighted by Crippen LogP contribution is 2.19. The average Bonchev–Trinajstić information content (AvgIpc) is 2.58. The van der Waals surface area contributed by atoms with Crippen LogP contribution in [0, 0.1) is 0 Å². The summed E-state index contributed by atoms with van der Waals surface area (Å²) in [5.74, 6) is 0.615. The number of hydrogen-bond donors (Lipinski definition) is 2. The molecular weight excluding hydrogens is 288 g/mol. The molecular formula is C15H32N2O3S. The summed E-state index contributed by atoms with van der Waals surface area (Å²) < 4.78 is 23.2. The summed E-state index contributed by atoms with van der Waals surface area (Å²) >= 11 is 0. The standard InChI is InChI=1S/C15H32N2O3S/c1-4-15(13-18,16-14(2)3)7-5-8-17-9-6-11-21(19,20)12-10-17/h14,16,18H,4-13H2,1-3H3. The number of nitrogens with one attached hydrogen (secondary N) is 1. The van der Waals surface area contributed by atoms with Crippen molar-refractivity contribution < 1.29 is 13.5 Å². The van der Waals surface area contributed by atoms with E-state index in [0.717, 1.165) is 38.8 Å². The van der Waals surface area contributed by atoms with Crippen molar-refractivity contribution in [3.05, 3.63) is 0 Å². The Labute approximate surface area is 130 Å². The molecule has 0 saturated carbocycles. The molecule has 21 heavy (non-hydrogen) atoms. The maximum Gasteiger partial charge on any atom is 0.151 e. The second kappa shape index (κ2) is 8.46. The molecule has 1 heterocycles. The zero-order valence-electron chi connectivity index (χ0n) is 13.8. The molecule has 1 aliphatic rings. The number of aliphatic hydroxyl groups excluding tert-OH is 1. The Bertz CT molecular complexity index is 392. The number of sulfone groups is 1. The van der Waals surface area contributed by atoms with Crippen LogP contribution in [0.25, 0.3) is 0 Å². The van der Waals surface area contributed by atoms with Gasteiger partial charge in [-0.25, -0.2) is 8.42 Å². The summed E-state index contributed by atoms with van der Waals surface area (Å²) in [6.45, 7) is 8.88. The van der Waals surface area contributed by atoms with Gasteiger partial charge in [0.1, 0.15) is 0 Å². The topological polar surface area (TPSA) is 69.6 Å². The Balaban J connectivity index is 2.43. The summed E-state index contributed by atoms with van der Waals surface area (Å²) in [6, 6.07) is 0.348. The van der Waals surface area contributed by atoms with Crippen molar-refractivity contribution >= 4 is 9.84 Å². The summed E-state index contributed by atoms with van der Waals surface area (Å²) in [5, 5.41) is 13.2. The Morgan fingerprint density at radius 2 is 2.00 bits per heavy atom. The molecule has 0 amide bonds. The van der Waals surface area contributed by atoms with Crippen molar-refractivity contribution in [1.82, 2.24) is 10.2 Å². The van der Waals surface area contributed by atoms with Gasteiger partial charge in [-0.3, -0.25) is 0 Å². The van der Waals surface area contributed by atoms with Gasteiger partial charge in [0.25, 0.3) is 0 Å². The van der Waals surface area contributed by atoms with Crippen molar-refractivity contribution in [2.45, 2.75) is 58.0 Å². The van der Waals surface area contributed by atoms with E-state index < -0.39 is 9.84 Å². The van der Waals surface area contributed by atoms with Crippen molar-refractivity contribution in [2.75, 3.05) is 37.7 Å². The Hall–Kier alpha value is -0.170. The minimum atomic E-state index is -2.82. The van der Waals surface area contributed by atoms with E-state index in [-0.39, 0.29) is 17.9 Å². The van der Waals surface area contributed by atoms with Gasteiger partial charge in [-0.1, -0.05) is 20.8 Å². The zero-order valence-corrected chi connectivity index (χ0v) is 14.6. The van der Waals surface area contributed by atoms with Crippen molar-refractivity contribution in [2.24, 2.45) is 0 Å². The third kappa shape index (κ3) is 6.63. The van der Waals surface area contributed by atoms with Gasteiger partial charge in [0, 0.05) is 18.1 Å². The zero-order chi connectivity index (χ0) is 15.9. The van der Waals surface area contributed by atoms with E-state index in [1.54, 1.807) is 0 Å². The van der Waals surface area contributed by atoms with Crippen LogP contribution >= 0.6 is 0 Å². The van der Waals surface area contributed by atoms with E-state index in [9.17, 15) is 13.5 Å². The normalized spacial score (nSPS) is 22.9. The summed E-state index contributed by atoms with van der Waals surface area (Å²) in [4.78, 5) is 2.25. The van der Waals surface area contributed by atoms with Crippen molar-refractivity contribution in [3.8, 4) is 0 Å². The predicted octanol–water partition coefficient (Wildman–Crippen LogP) is 1.03. The second-order valence-electron chi connectivity index (χ2n) is 6.54. The molecule has 0 aliphatic carbocycles. The van der Waals surface area contributed by atoms with Crippen LogP contribution in [0.15, 0.2) is 0 Å². The number of rotatable bonds is 8. The molecule has 0 aromatic heterocycles. The Kier molecular flexibility index (Phi) is 7.60. The predicted molar refractivity (Wildman–Crippen MR) is 87.3 cm³/mol. The van der Waals surface area contributed by atoms with E-state index in [0.29, 0.717) is 18.3 Å². The maximum atomic E-state index is 11.6. The molecule has 2 N–H and O–H groups in total. The van der Waals surface area contributed by atoms with Crippen LogP contribution in [0.1, 0.15) is 46.5 Å². The lowest BCUT2D eigenvalue weighted by molar-refractivity contribution is 0.130. The molecule has 1 rings (SSSR count). The van der Waals surface area contributed by atoms with Gasteiger partial charge in [-0.2, -0.15) is 0 Å². The molecule has 0 aromatic rings. The van der Waals surface area contributed by atoms with Crippen LogP contribution in [-0.2, 0) is 9.84 Å². The number of nitrogens with zero attached hydrogens (tertiary/aromatic N) is 1. The van der Waals surface area contributed by atoms with Gasteiger partial charge in [0.05, 0.1) is 18.1 Å². The Morgan fingerprint density at radius 1 is 1.29 bits per heavy atom. The summed E-state index contributed by atoms with van der Waals surface area (Å²) in [6.07, 6.45) is 3.54. The third-order valence-electron chi connectivity index (χ3n) is 4.35. The van der Waals surface area contributed by atoms with E-state index >= 15 is 0 Å². The van der Waals surface area contributed by atoms with Crippen LogP contribution in [0.3, 0.4) is 0 Å². The summed E-state index contributed by atoms with van der Waals surface area (Å²) in [7, 11) is -2.82. The van der Waals surface area contributed by atoms with Crippen molar-refractivity contribution in [1.29, 1.82) is 0 Å². The highest BCUT2D eigenvalue weighted by Gasteiger charge is 2.27. The average molecular weight is 320 g/mol. The van der Waals surface area contributed by atoms with Gasteiger partial charge >= 0.3 is 0 Å². The fraction of sp³-hybridized carbons (Fsp3) is 1.00. The SMILES string of the molecule is CCC(CO)(CCCN1CCCS(=O)(=O)CC1)NC(C)C. The van der Waals surface area contributed by atoms with Crippen LogP contribution < -0.4 is 5.32 Å². The third-order valence-corrected chi connectivity index (χ3v) is 6.07. The molecule has 0 aromatic carbocycles. The van der Waals surface area contributed by atoms with E-state index in [1.165, 1.54) is 0 Å². The van der Waals surface area contributed by atoms with E-state index in [2.05, 4.69) is 31.0 Å². The maximum absolute atomic E-state index is 11.6. The van der Waals surface area contributed by atoms with Gasteiger partial charge in [0.15, 0.2) is 9.84 Å². The Morgan fingerprint density at radius 3 is 2.57 bits per heavy atom. The van der Waals surface area contributed by atoms with Crippen LogP contribution in [0.2, 0.25) is 0 Å². The molecule has 0 bridgehead atoms. The molecule has 5 nitrogen and oxygen atoms in total. The largest absolute Gasteiger partial charge is 0.394 e. The fourth-order valence-electron chi connectivity index (χ4n) is 3.05. The molecule has 1 saturated heterocycles. The first-order valence-corrected chi connectivity index (χ1v) is 9.96. The number of aliphatic hydroxyl groups is 1. The van der Waals surface area contributed by atoms with E-state index in [1.807, 2.05) is 0 Å². The van der Waals surface area contributed by atoms with Crippen LogP contribution in [-0.4, -0.2) is 67.8 Å². The van der Waals surface area contributed by atoms with Crippen LogP contribution in [0.5, 0.6) is 0 Å². The van der Waals surface area contributed by atoms with Gasteiger partial charge in [-0.15, -0.1) is 0 Å². The minimum Gasteiger partial charge on any atom is -0.394 e. The molecule has 126 valence electrons. The lowest BCUT2D eigenvalue weighted by atomic mass is 9.90. The summed E-state index contributed by atoms with van der Waals surface area (Å²) in [5.41, 5.74) is -0.202. The highest BCUT2D eigenvalue weighted by molar-refractivity contribution is 7.91. The first-order valence-electron chi connectivity index (χ1n) is 8.14. The highest BCUT2D eigenvalue weighted by atomic mass is 32.2. The van der Waals surface area contributed by atoms with Gasteiger partial charge < -0.3 is 15.3 Å². The lowest BCUT2D eigenvalue weighted by Gasteiger charge is -2.35. The fourth-order valence-corrected chi connectivity index (χ4v) is 4.36. The molecule has 0 radical (unpaired) electrons. The molecule has 6 heteroatoms. The minimum absolute atomic E-state index is 0.149. The lowest BCUT2D eigenvalue weighted by Crippen LogP contribution is -2.51. The van der Waals surface area contributed by atoms with Gasteiger partial charge in [-0.05, 0) is 38.8 Å². The molecule has 1 fully saturated rings. The van der Waals surface area contributed by atoms with Crippen molar-refractivity contribution in [3.63, 3.8) is 0 Å². The monoisotopic (exact) mass is 320 g/mol. The smallest absolute Gasteiger partial charge is 0.151 e. The van der Waals surface area contributed by atoms with Crippen LogP contribution in [0.4, 0.5) is 0 Å². The number of hydrogen-bond acceptors (Lipinski definition) is 5. The van der Waals surface area contributed by atoms with Gasteiger partial charge in [0.2, 0.25) is 0 Å².